The van der Waals surface area contributed by atoms with Crippen LogP contribution in [-0.2, 0) is 4.84 Å². The highest BCUT2D eigenvalue weighted by molar-refractivity contribution is 6.42. The van der Waals surface area contributed by atoms with Crippen LogP contribution in [0.25, 0.3) is 11.1 Å². The van der Waals surface area contributed by atoms with Gasteiger partial charge in [-0.25, -0.2) is 4.98 Å². The number of nitrogens with zero attached hydrogens (tertiary/aromatic N) is 2. The van der Waals surface area contributed by atoms with Gasteiger partial charge < -0.3 is 14.9 Å². The van der Waals surface area contributed by atoms with Crippen LogP contribution in [0.2, 0.25) is 10.0 Å². The molecule has 2 aromatic rings. The summed E-state index contributed by atoms with van der Waals surface area (Å²) in [6.45, 7) is -2.69. The van der Waals surface area contributed by atoms with Gasteiger partial charge in [0.15, 0.2) is 12.3 Å². The molecule has 0 spiro atoms. The maximum Gasteiger partial charge on any atom is 0.434 e. The lowest BCUT2D eigenvalue weighted by Crippen LogP contribution is -2.37. The lowest BCUT2D eigenvalue weighted by molar-refractivity contribution is -0.154. The third-order valence-electron chi connectivity index (χ3n) is 3.66. The van der Waals surface area contributed by atoms with Crippen molar-refractivity contribution in [2.45, 2.75) is 12.4 Å². The number of carbonyl (C=O) groups excluding carboxylic acids is 1. The Bertz CT molecular complexity index is 1010. The monoisotopic (exact) mass is 503 g/mol. The Hall–Kier alpha value is -2.73. The van der Waals surface area contributed by atoms with Gasteiger partial charge in [-0.05, 0) is 23.8 Å². The molecule has 0 aliphatic heterocycles. The number of benzene rings is 1. The second-order valence-corrected chi connectivity index (χ2v) is 6.82. The van der Waals surface area contributed by atoms with Crippen molar-refractivity contribution in [2.75, 3.05) is 20.3 Å². The van der Waals surface area contributed by atoms with E-state index >= 15 is 0 Å². The summed E-state index contributed by atoms with van der Waals surface area (Å²) < 4.78 is 80.9. The van der Waals surface area contributed by atoms with Crippen molar-refractivity contribution in [3.63, 3.8) is 0 Å². The number of amides is 1. The average Bonchev–Trinajstić information content (AvgIpc) is 2.69. The Morgan fingerprint density at radius 2 is 1.81 bits per heavy atom. The number of alkyl halides is 6. The minimum atomic E-state index is -4.86. The molecule has 174 valence electrons. The van der Waals surface area contributed by atoms with Crippen LogP contribution in [0.5, 0.6) is 5.88 Å². The van der Waals surface area contributed by atoms with Gasteiger partial charge in [-0.1, -0.05) is 34.4 Å². The summed E-state index contributed by atoms with van der Waals surface area (Å²) >= 11 is 11.8. The third-order valence-corrected chi connectivity index (χ3v) is 4.40. The quantitative estimate of drug-likeness (QED) is 0.316. The second-order valence-electron chi connectivity index (χ2n) is 6.01. The summed E-state index contributed by atoms with van der Waals surface area (Å²) in [7, 11) is 0.903. The molecule has 0 saturated carbocycles. The number of oxime groups is 1. The minimum absolute atomic E-state index is 0.0615. The summed E-state index contributed by atoms with van der Waals surface area (Å²) in [5.74, 6) is -1.48. The summed E-state index contributed by atoms with van der Waals surface area (Å²) in [6, 6.07) is 5.14. The second kappa shape index (κ2) is 10.3. The Kier molecular flexibility index (Phi) is 8.18. The Morgan fingerprint density at radius 1 is 1.12 bits per heavy atom. The zero-order valence-electron chi connectivity index (χ0n) is 15.9. The molecular formula is C18H13Cl2F6N3O3. The van der Waals surface area contributed by atoms with E-state index in [2.05, 4.69) is 15.0 Å². The number of carbonyl (C=O) groups is 1. The summed E-state index contributed by atoms with van der Waals surface area (Å²) in [5.41, 5.74) is -1.53. The molecule has 1 heterocycles. The van der Waals surface area contributed by atoms with Gasteiger partial charge in [0.1, 0.15) is 7.11 Å². The fourth-order valence-corrected chi connectivity index (χ4v) is 2.57. The van der Waals surface area contributed by atoms with E-state index < -0.39 is 43.0 Å². The number of pyridine rings is 1. The highest BCUT2D eigenvalue weighted by atomic mass is 35.5. The normalized spacial score (nSPS) is 12.5. The molecule has 6 nitrogen and oxygen atoms in total. The van der Waals surface area contributed by atoms with Crippen molar-refractivity contribution in [1.82, 2.24) is 10.3 Å². The molecule has 0 aliphatic carbocycles. The molecule has 0 saturated heterocycles. The van der Waals surface area contributed by atoms with Gasteiger partial charge in [0.25, 0.3) is 5.91 Å². The van der Waals surface area contributed by atoms with E-state index in [1.807, 2.05) is 5.32 Å². The van der Waals surface area contributed by atoms with Gasteiger partial charge in [-0.3, -0.25) is 4.79 Å². The Morgan fingerprint density at radius 3 is 2.38 bits per heavy atom. The number of hydrogen-bond donors (Lipinski definition) is 1. The van der Waals surface area contributed by atoms with Gasteiger partial charge in [0, 0.05) is 11.8 Å². The number of aromatic nitrogens is 1. The number of ether oxygens (including phenoxy) is 1. The smallest absolute Gasteiger partial charge is 0.434 e. The fourth-order valence-electron chi connectivity index (χ4n) is 2.27. The van der Waals surface area contributed by atoms with Crippen molar-refractivity contribution >= 4 is 34.8 Å². The number of hydrogen-bond acceptors (Lipinski definition) is 5. The maximum atomic E-state index is 12.8. The van der Waals surface area contributed by atoms with E-state index in [0.717, 1.165) is 19.4 Å². The molecule has 1 aromatic carbocycles. The molecule has 0 radical (unpaired) electrons. The maximum absolute atomic E-state index is 12.8. The van der Waals surface area contributed by atoms with E-state index in [4.69, 9.17) is 27.9 Å². The van der Waals surface area contributed by atoms with Crippen LogP contribution in [0.4, 0.5) is 26.3 Å². The van der Waals surface area contributed by atoms with Gasteiger partial charge in [-0.15, -0.1) is 0 Å². The van der Waals surface area contributed by atoms with Crippen molar-refractivity contribution in [3.8, 4) is 17.0 Å². The zero-order chi connectivity index (χ0) is 24.1. The molecule has 1 amide bonds. The number of halogens is 8. The van der Waals surface area contributed by atoms with Crippen LogP contribution >= 0.6 is 23.2 Å². The molecule has 0 unspecified atom stereocenters. The molecule has 0 bridgehead atoms. The standard InChI is InChI=1S/C18H13Cl2F6N3O3/c1-31-29-14(18(24,25)26)7-27-15(30)10-4-11(9-2-3-12(19)13(20)5-9)16(28-6-10)32-8-17(21,22)23/h2-6H,7-8H2,1H3,(H,27,30)/b29-14+. The van der Waals surface area contributed by atoms with Gasteiger partial charge in [0.2, 0.25) is 5.88 Å². The lowest BCUT2D eigenvalue weighted by atomic mass is 10.0. The van der Waals surface area contributed by atoms with Crippen molar-refractivity contribution in [1.29, 1.82) is 0 Å². The number of nitrogens with one attached hydrogen (secondary N) is 1. The first-order valence-electron chi connectivity index (χ1n) is 8.42. The zero-order valence-corrected chi connectivity index (χ0v) is 17.5. The summed E-state index contributed by atoms with van der Waals surface area (Å²) in [4.78, 5) is 20.1. The molecule has 1 aromatic heterocycles. The van der Waals surface area contributed by atoms with E-state index in [1.165, 1.54) is 18.2 Å². The Balaban J connectivity index is 2.37. The van der Waals surface area contributed by atoms with E-state index in [-0.39, 0.29) is 26.7 Å². The van der Waals surface area contributed by atoms with Gasteiger partial charge in [0.05, 0.1) is 22.2 Å². The van der Waals surface area contributed by atoms with Crippen LogP contribution in [-0.4, -0.2) is 49.2 Å². The SMILES string of the molecule is CO/N=C(\CNC(=O)c1cnc(OCC(F)(F)F)c(-c2ccc(Cl)c(Cl)c2)c1)C(F)(F)F. The predicted molar refractivity (Wildman–Crippen MR) is 104 cm³/mol. The van der Waals surface area contributed by atoms with Crippen molar-refractivity contribution in [2.24, 2.45) is 5.16 Å². The first-order valence-corrected chi connectivity index (χ1v) is 9.18. The summed E-state index contributed by atoms with van der Waals surface area (Å²) in [6.07, 6.45) is -8.67. The molecule has 0 atom stereocenters. The van der Waals surface area contributed by atoms with Crippen LogP contribution in [0.3, 0.4) is 0 Å². The van der Waals surface area contributed by atoms with Crippen LogP contribution in [0.15, 0.2) is 35.6 Å². The predicted octanol–water partition coefficient (Wildman–Crippen LogP) is 5.29. The van der Waals surface area contributed by atoms with E-state index in [0.29, 0.717) is 0 Å². The largest absolute Gasteiger partial charge is 0.468 e. The van der Waals surface area contributed by atoms with Crippen LogP contribution in [0, 0.1) is 0 Å². The molecule has 14 heteroatoms. The van der Waals surface area contributed by atoms with Gasteiger partial charge in [-0.2, -0.15) is 26.3 Å². The minimum Gasteiger partial charge on any atom is -0.468 e. The first-order chi connectivity index (χ1) is 14.8. The summed E-state index contributed by atoms with van der Waals surface area (Å²) in [5, 5.41) is 5.02. The molecule has 0 fully saturated rings. The van der Waals surface area contributed by atoms with Crippen molar-refractivity contribution in [3.05, 3.63) is 46.1 Å². The lowest BCUT2D eigenvalue weighted by Gasteiger charge is -2.14. The highest BCUT2D eigenvalue weighted by Gasteiger charge is 2.36. The third kappa shape index (κ3) is 7.16. The molecule has 0 aliphatic rings. The highest BCUT2D eigenvalue weighted by Crippen LogP contribution is 2.34. The van der Waals surface area contributed by atoms with Crippen molar-refractivity contribution < 1.29 is 40.7 Å². The Labute approximate surface area is 187 Å². The molecule has 32 heavy (non-hydrogen) atoms. The molecular weight excluding hydrogens is 491 g/mol. The van der Waals surface area contributed by atoms with Gasteiger partial charge >= 0.3 is 12.4 Å². The van der Waals surface area contributed by atoms with Crippen LogP contribution < -0.4 is 10.1 Å². The first kappa shape index (κ1) is 25.5. The number of rotatable bonds is 7. The molecule has 2 rings (SSSR count). The average molecular weight is 504 g/mol. The topological polar surface area (TPSA) is 72.8 Å². The van der Waals surface area contributed by atoms with E-state index in [1.54, 1.807) is 0 Å². The van der Waals surface area contributed by atoms with E-state index in [9.17, 15) is 31.1 Å². The molecule has 1 N–H and O–H groups in total. The fraction of sp³-hybridized carbons (Fsp3) is 0.278. The van der Waals surface area contributed by atoms with Crippen LogP contribution in [0.1, 0.15) is 10.4 Å².